The van der Waals surface area contributed by atoms with E-state index >= 15 is 0 Å². The largest absolute Gasteiger partial charge is 0.329 e. The van der Waals surface area contributed by atoms with E-state index in [1.807, 2.05) is 0 Å². The van der Waals surface area contributed by atoms with E-state index in [-0.39, 0.29) is 5.54 Å². The van der Waals surface area contributed by atoms with Crippen LogP contribution in [0.1, 0.15) is 79.1 Å². The Kier molecular flexibility index (Phi) is 7.38. The van der Waals surface area contributed by atoms with Gasteiger partial charge in [0.15, 0.2) is 0 Å². The molecule has 2 N–H and O–H groups in total. The molecule has 2 heteroatoms. The topological polar surface area (TPSA) is 29.3 Å². The van der Waals surface area contributed by atoms with Gasteiger partial charge < -0.3 is 5.73 Å². The van der Waals surface area contributed by atoms with Gasteiger partial charge in [-0.05, 0) is 45.6 Å². The fourth-order valence-electron chi connectivity index (χ4n) is 3.68. The predicted molar refractivity (Wildman–Crippen MR) is 85.4 cm³/mol. The average Bonchev–Trinajstić information content (AvgIpc) is 2.38. The number of hydrogen-bond acceptors (Lipinski definition) is 2. The fourth-order valence-corrected chi connectivity index (χ4v) is 3.68. The van der Waals surface area contributed by atoms with Crippen LogP contribution in [0.5, 0.6) is 0 Å². The molecule has 0 spiro atoms. The zero-order valence-electron chi connectivity index (χ0n) is 13.8. The number of unbranched alkanes of at least 4 members (excludes halogenated alkanes) is 4. The van der Waals surface area contributed by atoms with Crippen molar-refractivity contribution in [3.8, 4) is 0 Å². The van der Waals surface area contributed by atoms with Crippen molar-refractivity contribution < 1.29 is 0 Å². The van der Waals surface area contributed by atoms with Crippen molar-refractivity contribution >= 4 is 0 Å². The first-order valence-electron chi connectivity index (χ1n) is 8.50. The number of nitrogens with zero attached hydrogens (tertiary/aromatic N) is 1. The van der Waals surface area contributed by atoms with Gasteiger partial charge in [0.1, 0.15) is 0 Å². The summed E-state index contributed by atoms with van der Waals surface area (Å²) in [6, 6.07) is 0.702. The molecule has 0 aromatic carbocycles. The second-order valence-electron chi connectivity index (χ2n) is 7.04. The number of likely N-dealkylation sites (tertiary alicyclic amines) is 1. The van der Waals surface area contributed by atoms with E-state index in [9.17, 15) is 0 Å². The summed E-state index contributed by atoms with van der Waals surface area (Å²) >= 11 is 0. The summed E-state index contributed by atoms with van der Waals surface area (Å²) in [6.45, 7) is 11.5. The number of piperidine rings is 1. The quantitative estimate of drug-likeness (QED) is 0.669. The van der Waals surface area contributed by atoms with Gasteiger partial charge in [0.05, 0.1) is 0 Å². The molecule has 1 saturated heterocycles. The monoisotopic (exact) mass is 268 g/mol. The Morgan fingerprint density at radius 2 is 1.84 bits per heavy atom. The summed E-state index contributed by atoms with van der Waals surface area (Å²) in [5.41, 5.74) is 6.36. The van der Waals surface area contributed by atoms with Crippen molar-refractivity contribution in [3.05, 3.63) is 0 Å². The molecule has 1 aliphatic heterocycles. The average molecular weight is 268 g/mol. The van der Waals surface area contributed by atoms with Crippen molar-refractivity contribution in [1.82, 2.24) is 4.90 Å². The first-order valence-corrected chi connectivity index (χ1v) is 8.50. The number of nitrogens with two attached hydrogens (primary N) is 1. The third kappa shape index (κ3) is 5.07. The predicted octanol–water partition coefficient (Wildman–Crippen LogP) is 4.18. The first-order chi connectivity index (χ1) is 9.03. The molecule has 2 nitrogen and oxygen atoms in total. The molecule has 1 fully saturated rings. The SMILES string of the molecule is CCCCCCCC(C)(CN)N1CCC(C)CC1C. The molecule has 0 radical (unpaired) electrons. The third-order valence-corrected chi connectivity index (χ3v) is 5.09. The summed E-state index contributed by atoms with van der Waals surface area (Å²) in [5, 5.41) is 0. The molecule has 0 aromatic rings. The van der Waals surface area contributed by atoms with Gasteiger partial charge in [-0.1, -0.05) is 46.0 Å². The minimum absolute atomic E-state index is 0.228. The minimum Gasteiger partial charge on any atom is -0.329 e. The summed E-state index contributed by atoms with van der Waals surface area (Å²) in [6.07, 6.45) is 10.8. The van der Waals surface area contributed by atoms with Crippen molar-refractivity contribution in [2.24, 2.45) is 11.7 Å². The maximum atomic E-state index is 6.13. The highest BCUT2D eigenvalue weighted by atomic mass is 15.2. The fraction of sp³-hybridized carbons (Fsp3) is 1.00. The molecule has 0 saturated carbocycles. The van der Waals surface area contributed by atoms with Crippen LogP contribution in [-0.4, -0.2) is 29.6 Å². The molecule has 0 bridgehead atoms. The van der Waals surface area contributed by atoms with Gasteiger partial charge in [0, 0.05) is 18.1 Å². The highest BCUT2D eigenvalue weighted by Gasteiger charge is 2.35. The van der Waals surface area contributed by atoms with Gasteiger partial charge in [0.25, 0.3) is 0 Å². The van der Waals surface area contributed by atoms with Gasteiger partial charge in [-0.2, -0.15) is 0 Å². The van der Waals surface area contributed by atoms with Gasteiger partial charge in [-0.3, -0.25) is 4.90 Å². The minimum atomic E-state index is 0.228. The Labute approximate surface area is 121 Å². The van der Waals surface area contributed by atoms with Crippen molar-refractivity contribution in [2.75, 3.05) is 13.1 Å². The third-order valence-electron chi connectivity index (χ3n) is 5.09. The van der Waals surface area contributed by atoms with Crippen LogP contribution in [0, 0.1) is 5.92 Å². The molecule has 1 rings (SSSR count). The molecule has 0 aliphatic carbocycles. The van der Waals surface area contributed by atoms with Crippen LogP contribution in [0.3, 0.4) is 0 Å². The van der Waals surface area contributed by atoms with Crippen LogP contribution in [0.15, 0.2) is 0 Å². The lowest BCUT2D eigenvalue weighted by molar-refractivity contribution is 0.0189. The van der Waals surface area contributed by atoms with E-state index in [0.717, 1.165) is 12.5 Å². The van der Waals surface area contributed by atoms with Crippen LogP contribution < -0.4 is 5.73 Å². The van der Waals surface area contributed by atoms with Crippen molar-refractivity contribution in [1.29, 1.82) is 0 Å². The van der Waals surface area contributed by atoms with Gasteiger partial charge in [-0.15, -0.1) is 0 Å². The van der Waals surface area contributed by atoms with E-state index < -0.39 is 0 Å². The van der Waals surface area contributed by atoms with Gasteiger partial charge >= 0.3 is 0 Å². The Balaban J connectivity index is 2.44. The molecular weight excluding hydrogens is 232 g/mol. The molecule has 3 atom stereocenters. The Hall–Kier alpha value is -0.0800. The lowest BCUT2D eigenvalue weighted by Crippen LogP contribution is -2.57. The molecule has 19 heavy (non-hydrogen) atoms. The Morgan fingerprint density at radius 1 is 1.16 bits per heavy atom. The molecule has 1 heterocycles. The highest BCUT2D eigenvalue weighted by Crippen LogP contribution is 2.31. The molecule has 3 unspecified atom stereocenters. The zero-order chi connectivity index (χ0) is 14.3. The van der Waals surface area contributed by atoms with Crippen LogP contribution in [0.2, 0.25) is 0 Å². The standard InChI is InChI=1S/C17H36N2/c1-5-6-7-8-9-11-17(4,14-18)19-12-10-15(2)13-16(19)3/h15-16H,5-14,18H2,1-4H3. The molecule has 0 amide bonds. The molecule has 0 aromatic heterocycles. The molecule has 114 valence electrons. The Morgan fingerprint density at radius 3 is 2.42 bits per heavy atom. The smallest absolute Gasteiger partial charge is 0.0306 e. The van der Waals surface area contributed by atoms with E-state index in [1.54, 1.807) is 0 Å². The number of hydrogen-bond donors (Lipinski definition) is 1. The maximum Gasteiger partial charge on any atom is 0.0306 e. The summed E-state index contributed by atoms with van der Waals surface area (Å²) in [7, 11) is 0. The number of rotatable bonds is 8. The second kappa shape index (κ2) is 8.26. The highest BCUT2D eigenvalue weighted by molar-refractivity contribution is 4.92. The van der Waals surface area contributed by atoms with E-state index in [1.165, 1.54) is 57.9 Å². The molecule has 1 aliphatic rings. The van der Waals surface area contributed by atoms with E-state index in [0.29, 0.717) is 6.04 Å². The van der Waals surface area contributed by atoms with Crippen molar-refractivity contribution in [3.63, 3.8) is 0 Å². The normalized spacial score (nSPS) is 28.3. The van der Waals surface area contributed by atoms with E-state index in [4.69, 9.17) is 5.73 Å². The second-order valence-corrected chi connectivity index (χ2v) is 7.04. The summed E-state index contributed by atoms with van der Waals surface area (Å²) < 4.78 is 0. The lowest BCUT2D eigenvalue weighted by atomic mass is 9.85. The van der Waals surface area contributed by atoms with Crippen LogP contribution in [0.25, 0.3) is 0 Å². The maximum absolute atomic E-state index is 6.13. The van der Waals surface area contributed by atoms with Gasteiger partial charge in [-0.25, -0.2) is 0 Å². The van der Waals surface area contributed by atoms with E-state index in [2.05, 4.69) is 32.6 Å². The Bertz CT molecular complexity index is 241. The summed E-state index contributed by atoms with van der Waals surface area (Å²) in [4.78, 5) is 2.70. The van der Waals surface area contributed by atoms with Crippen LogP contribution in [-0.2, 0) is 0 Å². The lowest BCUT2D eigenvalue weighted by Gasteiger charge is -2.48. The van der Waals surface area contributed by atoms with Crippen LogP contribution >= 0.6 is 0 Å². The van der Waals surface area contributed by atoms with Crippen molar-refractivity contribution in [2.45, 2.75) is 90.6 Å². The zero-order valence-corrected chi connectivity index (χ0v) is 13.8. The summed E-state index contributed by atoms with van der Waals surface area (Å²) in [5.74, 6) is 0.887. The molecular formula is C17H36N2. The van der Waals surface area contributed by atoms with Gasteiger partial charge in [0.2, 0.25) is 0 Å². The first kappa shape index (κ1) is 17.0. The van der Waals surface area contributed by atoms with Crippen LogP contribution in [0.4, 0.5) is 0 Å².